The van der Waals surface area contributed by atoms with Crippen molar-refractivity contribution in [2.45, 2.75) is 0 Å². The Morgan fingerprint density at radius 2 is 1.39 bits per heavy atom. The number of aromatic hydroxyl groups is 1. The Hall–Kier alpha value is -1.70. The fourth-order valence-electron chi connectivity index (χ4n) is 2.24. The van der Waals surface area contributed by atoms with Crippen LogP contribution < -0.4 is 5.56 Å². The minimum atomic E-state index is -0.392. The first-order chi connectivity index (χ1) is 11.0. The van der Waals surface area contributed by atoms with E-state index < -0.39 is 5.56 Å². The van der Waals surface area contributed by atoms with Gasteiger partial charge in [0.15, 0.2) is 4.77 Å². The van der Waals surface area contributed by atoms with Gasteiger partial charge in [-0.3, -0.25) is 13.9 Å². The molecular weight excluding hydrogens is 444 g/mol. The van der Waals surface area contributed by atoms with Crippen LogP contribution in [0, 0.1) is 4.77 Å². The molecule has 0 spiro atoms. The van der Waals surface area contributed by atoms with Gasteiger partial charge in [0.05, 0.1) is 17.4 Å². The molecule has 0 saturated heterocycles. The topological polar surface area (TPSA) is 47.2 Å². The Morgan fingerprint density at radius 1 is 0.870 bits per heavy atom. The lowest BCUT2D eigenvalue weighted by Gasteiger charge is -2.14. The van der Waals surface area contributed by atoms with Crippen LogP contribution in [0.15, 0.2) is 68.3 Å². The molecule has 23 heavy (non-hydrogen) atoms. The second-order valence-electron chi connectivity index (χ2n) is 4.75. The minimum absolute atomic E-state index is 0.186. The molecule has 3 rings (SSSR count). The average molecular weight is 454 g/mol. The van der Waals surface area contributed by atoms with Crippen molar-refractivity contribution in [2.75, 3.05) is 0 Å². The zero-order valence-corrected chi connectivity index (χ0v) is 15.6. The molecular formula is C16H10Br2N2O2S. The van der Waals surface area contributed by atoms with Crippen LogP contribution in [0.4, 0.5) is 0 Å². The highest BCUT2D eigenvalue weighted by Gasteiger charge is 2.11. The Kier molecular flexibility index (Phi) is 4.52. The molecule has 0 unspecified atom stereocenters. The van der Waals surface area contributed by atoms with Crippen molar-refractivity contribution in [1.82, 2.24) is 9.13 Å². The number of halogens is 2. The normalized spacial score (nSPS) is 10.7. The van der Waals surface area contributed by atoms with E-state index in [4.69, 9.17) is 12.2 Å². The highest BCUT2D eigenvalue weighted by molar-refractivity contribution is 9.10. The molecule has 0 bridgehead atoms. The number of hydrogen-bond donors (Lipinski definition) is 1. The van der Waals surface area contributed by atoms with E-state index >= 15 is 0 Å². The van der Waals surface area contributed by atoms with E-state index in [1.54, 1.807) is 18.2 Å². The van der Waals surface area contributed by atoms with Gasteiger partial charge in [-0.25, -0.2) is 0 Å². The maximum atomic E-state index is 12.3. The van der Waals surface area contributed by atoms with Crippen LogP contribution in [0.3, 0.4) is 0 Å². The average Bonchev–Trinajstić information content (AvgIpc) is 2.47. The Morgan fingerprint density at radius 3 is 1.91 bits per heavy atom. The number of hydrogen-bond acceptors (Lipinski definition) is 3. The standard InChI is InChI=1S/C16H10Br2N2O2S/c17-10-3-1-5-12(7-10)19-14(21)9-15(22)20(16(19)23)13-6-2-4-11(18)8-13/h1-9,21H. The molecule has 0 fully saturated rings. The molecule has 116 valence electrons. The minimum Gasteiger partial charge on any atom is -0.494 e. The van der Waals surface area contributed by atoms with Gasteiger partial charge in [0, 0.05) is 8.95 Å². The summed E-state index contributed by atoms with van der Waals surface area (Å²) in [6.45, 7) is 0. The van der Waals surface area contributed by atoms with Gasteiger partial charge in [0.2, 0.25) is 5.88 Å². The molecule has 0 aliphatic heterocycles. The Balaban J connectivity index is 2.34. The van der Waals surface area contributed by atoms with Crippen LogP contribution in [0.25, 0.3) is 11.4 Å². The van der Waals surface area contributed by atoms with Gasteiger partial charge in [-0.2, -0.15) is 0 Å². The first kappa shape index (κ1) is 16.2. The third-order valence-electron chi connectivity index (χ3n) is 3.22. The van der Waals surface area contributed by atoms with Crippen LogP contribution in [0.2, 0.25) is 0 Å². The van der Waals surface area contributed by atoms with Gasteiger partial charge >= 0.3 is 0 Å². The van der Waals surface area contributed by atoms with Crippen LogP contribution in [-0.4, -0.2) is 14.2 Å². The zero-order chi connectivity index (χ0) is 16.6. The lowest BCUT2D eigenvalue weighted by molar-refractivity contribution is 0.431. The van der Waals surface area contributed by atoms with E-state index in [2.05, 4.69) is 31.9 Å². The molecule has 0 atom stereocenters. The predicted octanol–water partition coefficient (Wildman–Crippen LogP) is 4.59. The predicted molar refractivity (Wildman–Crippen MR) is 99.3 cm³/mol. The van der Waals surface area contributed by atoms with E-state index in [1.807, 2.05) is 30.3 Å². The smallest absolute Gasteiger partial charge is 0.262 e. The van der Waals surface area contributed by atoms with Gasteiger partial charge in [-0.1, -0.05) is 44.0 Å². The van der Waals surface area contributed by atoms with Crippen molar-refractivity contribution in [2.24, 2.45) is 0 Å². The summed E-state index contributed by atoms with van der Waals surface area (Å²) in [6, 6.07) is 15.7. The maximum Gasteiger partial charge on any atom is 0.262 e. The van der Waals surface area contributed by atoms with Crippen molar-refractivity contribution >= 4 is 44.1 Å². The van der Waals surface area contributed by atoms with Crippen LogP contribution in [-0.2, 0) is 0 Å². The number of rotatable bonds is 2. The maximum absolute atomic E-state index is 12.3. The van der Waals surface area contributed by atoms with Gasteiger partial charge in [0.1, 0.15) is 0 Å². The summed E-state index contributed by atoms with van der Waals surface area (Å²) >= 11 is 12.2. The van der Waals surface area contributed by atoms with Crippen LogP contribution in [0.1, 0.15) is 0 Å². The second-order valence-corrected chi connectivity index (χ2v) is 6.95. The fraction of sp³-hybridized carbons (Fsp3) is 0. The van der Waals surface area contributed by atoms with Crippen molar-refractivity contribution in [3.8, 4) is 17.3 Å². The van der Waals surface area contributed by atoms with Crippen LogP contribution >= 0.6 is 44.1 Å². The number of benzene rings is 2. The molecule has 0 radical (unpaired) electrons. The lowest BCUT2D eigenvalue weighted by atomic mass is 10.3. The molecule has 0 aliphatic carbocycles. The molecule has 1 N–H and O–H groups in total. The largest absolute Gasteiger partial charge is 0.494 e. The molecule has 0 aliphatic rings. The fourth-order valence-corrected chi connectivity index (χ4v) is 3.41. The second kappa shape index (κ2) is 6.43. The summed E-state index contributed by atoms with van der Waals surface area (Å²) in [5, 5.41) is 10.2. The monoisotopic (exact) mass is 452 g/mol. The van der Waals surface area contributed by atoms with Gasteiger partial charge in [-0.15, -0.1) is 0 Å². The molecule has 1 heterocycles. The van der Waals surface area contributed by atoms with Crippen molar-refractivity contribution in [3.63, 3.8) is 0 Å². The number of aromatic nitrogens is 2. The van der Waals surface area contributed by atoms with Crippen molar-refractivity contribution < 1.29 is 5.11 Å². The van der Waals surface area contributed by atoms with Gasteiger partial charge in [0.25, 0.3) is 5.56 Å². The van der Waals surface area contributed by atoms with E-state index in [0.29, 0.717) is 11.4 Å². The van der Waals surface area contributed by atoms with E-state index in [9.17, 15) is 9.90 Å². The third kappa shape index (κ3) is 3.17. The van der Waals surface area contributed by atoms with E-state index in [0.717, 1.165) is 15.0 Å². The molecule has 4 nitrogen and oxygen atoms in total. The van der Waals surface area contributed by atoms with E-state index in [1.165, 1.54) is 9.13 Å². The summed E-state index contributed by atoms with van der Waals surface area (Å²) < 4.78 is 4.68. The zero-order valence-electron chi connectivity index (χ0n) is 11.6. The third-order valence-corrected chi connectivity index (χ3v) is 4.57. The molecule has 0 amide bonds. The SMILES string of the molecule is O=c1cc(O)n(-c2cccc(Br)c2)c(=S)n1-c1cccc(Br)c1. The summed E-state index contributed by atoms with van der Waals surface area (Å²) in [7, 11) is 0. The van der Waals surface area contributed by atoms with Crippen LogP contribution in [0.5, 0.6) is 5.88 Å². The number of nitrogens with zero attached hydrogens (tertiary/aromatic N) is 2. The highest BCUT2D eigenvalue weighted by Crippen LogP contribution is 2.22. The Labute approximate surface area is 153 Å². The quantitative estimate of drug-likeness (QED) is 0.577. The molecule has 7 heteroatoms. The van der Waals surface area contributed by atoms with Gasteiger partial charge < -0.3 is 5.11 Å². The summed E-state index contributed by atoms with van der Waals surface area (Å²) in [5.74, 6) is -0.204. The lowest BCUT2D eigenvalue weighted by Crippen LogP contribution is -2.22. The molecule has 2 aromatic carbocycles. The molecule has 0 saturated carbocycles. The molecule has 1 aromatic heterocycles. The van der Waals surface area contributed by atoms with Gasteiger partial charge in [-0.05, 0) is 48.6 Å². The first-order valence-corrected chi connectivity index (χ1v) is 8.57. The molecule has 3 aromatic rings. The first-order valence-electron chi connectivity index (χ1n) is 6.57. The Bertz CT molecular complexity index is 1010. The summed E-state index contributed by atoms with van der Waals surface area (Å²) in [5.41, 5.74) is 0.889. The van der Waals surface area contributed by atoms with Crippen molar-refractivity contribution in [1.29, 1.82) is 0 Å². The van der Waals surface area contributed by atoms with E-state index in [-0.39, 0.29) is 10.7 Å². The highest BCUT2D eigenvalue weighted by atomic mass is 79.9. The van der Waals surface area contributed by atoms with Crippen molar-refractivity contribution in [3.05, 3.63) is 78.7 Å². The summed E-state index contributed by atoms with van der Waals surface area (Å²) in [6.07, 6.45) is 0. The summed E-state index contributed by atoms with van der Waals surface area (Å²) in [4.78, 5) is 12.3.